The summed E-state index contributed by atoms with van der Waals surface area (Å²) in [5, 5.41) is 3.08. The second-order valence-electron chi connectivity index (χ2n) is 8.63. The Hall–Kier alpha value is -2.33. The normalized spacial score (nSPS) is 17.3. The Morgan fingerprint density at radius 1 is 1.03 bits per heavy atom. The van der Waals surface area contributed by atoms with E-state index < -0.39 is 0 Å². The van der Waals surface area contributed by atoms with Gasteiger partial charge >= 0.3 is 0 Å². The van der Waals surface area contributed by atoms with Gasteiger partial charge in [-0.05, 0) is 80.6 Å². The molecular weight excluding hydrogens is 358 g/mol. The minimum atomic E-state index is 0.0373. The number of hydrogen-bond donors (Lipinski definition) is 1. The van der Waals surface area contributed by atoms with Gasteiger partial charge in [-0.15, -0.1) is 0 Å². The third kappa shape index (κ3) is 5.18. The van der Waals surface area contributed by atoms with Crippen LogP contribution in [-0.4, -0.2) is 43.5 Å². The molecule has 0 aromatic heterocycles. The van der Waals surface area contributed by atoms with Crippen LogP contribution >= 0.6 is 0 Å². The lowest BCUT2D eigenvalue weighted by Gasteiger charge is -2.30. The van der Waals surface area contributed by atoms with E-state index >= 15 is 0 Å². The van der Waals surface area contributed by atoms with Crippen molar-refractivity contribution in [1.29, 1.82) is 0 Å². The molecule has 0 unspecified atom stereocenters. The van der Waals surface area contributed by atoms with Gasteiger partial charge in [0, 0.05) is 30.9 Å². The smallest absolute Gasteiger partial charge is 0.251 e. The third-order valence-corrected chi connectivity index (χ3v) is 6.39. The third-order valence-electron chi connectivity index (χ3n) is 6.39. The maximum atomic E-state index is 12.4. The second kappa shape index (κ2) is 9.45. The number of benzene rings is 2. The van der Waals surface area contributed by atoms with Crippen molar-refractivity contribution in [3.05, 3.63) is 65.2 Å². The van der Waals surface area contributed by atoms with Crippen molar-refractivity contribution in [2.75, 3.05) is 37.6 Å². The molecule has 2 aromatic rings. The van der Waals surface area contributed by atoms with E-state index in [9.17, 15) is 4.79 Å². The van der Waals surface area contributed by atoms with Crippen molar-refractivity contribution in [3.63, 3.8) is 0 Å². The molecule has 0 aliphatic carbocycles. The van der Waals surface area contributed by atoms with Crippen LogP contribution < -0.4 is 10.2 Å². The summed E-state index contributed by atoms with van der Waals surface area (Å²) in [6, 6.07) is 16.7. The molecule has 2 aromatic carbocycles. The van der Waals surface area contributed by atoms with Gasteiger partial charge in [0.1, 0.15) is 0 Å². The standard InChI is InChI=1S/C25H33N3O/c1-20-11-16-27(17-12-20)15-4-14-26-25(29)23-9-7-21(8-10-23)19-28-18-13-22-5-2-3-6-24(22)28/h2-3,5-10,20H,4,11-19H2,1H3,(H,26,29). The first kappa shape index (κ1) is 20.0. The highest BCUT2D eigenvalue weighted by atomic mass is 16.1. The van der Waals surface area contributed by atoms with E-state index in [1.807, 2.05) is 12.1 Å². The average molecular weight is 392 g/mol. The zero-order valence-corrected chi connectivity index (χ0v) is 17.6. The lowest BCUT2D eigenvalue weighted by atomic mass is 9.99. The van der Waals surface area contributed by atoms with Crippen LogP contribution in [0.15, 0.2) is 48.5 Å². The van der Waals surface area contributed by atoms with Crippen LogP contribution in [-0.2, 0) is 13.0 Å². The summed E-state index contributed by atoms with van der Waals surface area (Å²) in [6.45, 7) is 8.55. The zero-order chi connectivity index (χ0) is 20.1. The van der Waals surface area contributed by atoms with E-state index in [-0.39, 0.29) is 5.91 Å². The number of para-hydroxylation sites is 1. The Labute approximate surface area is 174 Å². The van der Waals surface area contributed by atoms with E-state index in [1.165, 1.54) is 42.7 Å². The lowest BCUT2D eigenvalue weighted by Crippen LogP contribution is -2.35. The number of carbonyl (C=O) groups excluding carboxylic acids is 1. The monoisotopic (exact) mass is 391 g/mol. The van der Waals surface area contributed by atoms with Gasteiger partial charge in [-0.2, -0.15) is 0 Å². The Morgan fingerprint density at radius 2 is 1.79 bits per heavy atom. The average Bonchev–Trinajstić information content (AvgIpc) is 3.16. The lowest BCUT2D eigenvalue weighted by molar-refractivity contribution is 0.0950. The Kier molecular flexibility index (Phi) is 6.50. The van der Waals surface area contributed by atoms with Crippen molar-refractivity contribution < 1.29 is 4.79 Å². The summed E-state index contributed by atoms with van der Waals surface area (Å²) in [5.41, 5.74) is 4.78. The van der Waals surface area contributed by atoms with Gasteiger partial charge in [-0.3, -0.25) is 4.79 Å². The molecular formula is C25H33N3O. The summed E-state index contributed by atoms with van der Waals surface area (Å²) >= 11 is 0. The molecule has 4 nitrogen and oxygen atoms in total. The molecule has 1 saturated heterocycles. The maximum absolute atomic E-state index is 12.4. The number of likely N-dealkylation sites (tertiary alicyclic amines) is 1. The maximum Gasteiger partial charge on any atom is 0.251 e. The van der Waals surface area contributed by atoms with Crippen LogP contribution in [0.5, 0.6) is 0 Å². The Morgan fingerprint density at radius 3 is 2.59 bits per heavy atom. The SMILES string of the molecule is CC1CCN(CCCNC(=O)c2ccc(CN3CCc4ccccc43)cc2)CC1. The van der Waals surface area contributed by atoms with Gasteiger partial charge in [0.2, 0.25) is 0 Å². The van der Waals surface area contributed by atoms with Crippen LogP contribution in [0.25, 0.3) is 0 Å². The predicted octanol–water partition coefficient (Wildman–Crippen LogP) is 4.10. The molecule has 1 N–H and O–H groups in total. The minimum absolute atomic E-state index is 0.0373. The fourth-order valence-corrected chi connectivity index (χ4v) is 4.45. The van der Waals surface area contributed by atoms with Gasteiger partial charge in [0.05, 0.1) is 0 Å². The molecule has 0 atom stereocenters. The van der Waals surface area contributed by atoms with Gasteiger partial charge < -0.3 is 15.1 Å². The number of anilines is 1. The number of rotatable bonds is 7. The first-order valence-electron chi connectivity index (χ1n) is 11.1. The molecule has 2 heterocycles. The summed E-state index contributed by atoms with van der Waals surface area (Å²) in [6.07, 6.45) is 4.75. The molecule has 1 fully saturated rings. The highest BCUT2D eigenvalue weighted by molar-refractivity contribution is 5.94. The molecule has 1 amide bonds. The van der Waals surface area contributed by atoms with Crippen molar-refractivity contribution >= 4 is 11.6 Å². The number of fused-ring (bicyclic) bond motifs is 1. The molecule has 0 bridgehead atoms. The molecule has 2 aliphatic rings. The molecule has 2 aliphatic heterocycles. The first-order valence-corrected chi connectivity index (χ1v) is 11.1. The van der Waals surface area contributed by atoms with E-state index in [0.29, 0.717) is 0 Å². The van der Waals surface area contributed by atoms with E-state index in [0.717, 1.165) is 50.5 Å². The molecule has 0 saturated carbocycles. The van der Waals surface area contributed by atoms with Crippen molar-refractivity contribution in [3.8, 4) is 0 Å². The fourth-order valence-electron chi connectivity index (χ4n) is 4.45. The number of piperidine rings is 1. The van der Waals surface area contributed by atoms with Gasteiger partial charge in [0.15, 0.2) is 0 Å². The van der Waals surface area contributed by atoms with Gasteiger partial charge in [-0.1, -0.05) is 37.3 Å². The van der Waals surface area contributed by atoms with Gasteiger partial charge in [0.25, 0.3) is 5.91 Å². The number of hydrogen-bond acceptors (Lipinski definition) is 3. The number of amides is 1. The largest absolute Gasteiger partial charge is 0.367 e. The molecule has 154 valence electrons. The van der Waals surface area contributed by atoms with Crippen LogP contribution in [0.1, 0.15) is 47.7 Å². The molecule has 29 heavy (non-hydrogen) atoms. The summed E-state index contributed by atoms with van der Waals surface area (Å²) in [7, 11) is 0. The first-order chi connectivity index (χ1) is 14.2. The molecule has 4 rings (SSSR count). The van der Waals surface area contributed by atoms with E-state index in [1.54, 1.807) is 0 Å². The van der Waals surface area contributed by atoms with Crippen LogP contribution in [0.3, 0.4) is 0 Å². The van der Waals surface area contributed by atoms with Crippen molar-refractivity contribution in [1.82, 2.24) is 10.2 Å². The van der Waals surface area contributed by atoms with Crippen LogP contribution in [0.2, 0.25) is 0 Å². The molecule has 0 spiro atoms. The van der Waals surface area contributed by atoms with Crippen molar-refractivity contribution in [2.24, 2.45) is 5.92 Å². The van der Waals surface area contributed by atoms with E-state index in [2.05, 4.69) is 58.4 Å². The summed E-state index contributed by atoms with van der Waals surface area (Å²) in [5.74, 6) is 0.907. The molecule has 0 radical (unpaired) electrons. The Bertz CT molecular complexity index is 809. The zero-order valence-electron chi connectivity index (χ0n) is 17.6. The predicted molar refractivity (Wildman–Crippen MR) is 119 cm³/mol. The quantitative estimate of drug-likeness (QED) is 0.722. The summed E-state index contributed by atoms with van der Waals surface area (Å²) < 4.78 is 0. The second-order valence-corrected chi connectivity index (χ2v) is 8.63. The number of carbonyl (C=O) groups is 1. The fraction of sp³-hybridized carbons (Fsp3) is 0.480. The van der Waals surface area contributed by atoms with Crippen LogP contribution in [0.4, 0.5) is 5.69 Å². The van der Waals surface area contributed by atoms with Crippen molar-refractivity contribution in [2.45, 2.75) is 39.2 Å². The van der Waals surface area contributed by atoms with Crippen LogP contribution in [0, 0.1) is 5.92 Å². The molecule has 4 heteroatoms. The topological polar surface area (TPSA) is 35.6 Å². The highest BCUT2D eigenvalue weighted by Crippen LogP contribution is 2.28. The number of nitrogens with zero attached hydrogens (tertiary/aromatic N) is 2. The highest BCUT2D eigenvalue weighted by Gasteiger charge is 2.18. The number of nitrogens with one attached hydrogen (secondary N) is 1. The Balaban J connectivity index is 1.21. The van der Waals surface area contributed by atoms with Gasteiger partial charge in [-0.25, -0.2) is 0 Å². The summed E-state index contributed by atoms with van der Waals surface area (Å²) in [4.78, 5) is 17.4. The minimum Gasteiger partial charge on any atom is -0.367 e. The van der Waals surface area contributed by atoms with E-state index in [4.69, 9.17) is 0 Å².